The van der Waals surface area contributed by atoms with Gasteiger partial charge in [0.15, 0.2) is 0 Å². The number of anilines is 2. The Morgan fingerprint density at radius 1 is 1.25 bits per heavy atom. The van der Waals surface area contributed by atoms with E-state index in [-0.39, 0.29) is 11.3 Å². The summed E-state index contributed by atoms with van der Waals surface area (Å²) in [5.41, 5.74) is 1.13. The lowest BCUT2D eigenvalue weighted by Crippen LogP contribution is -2.52. The highest BCUT2D eigenvalue weighted by atomic mass is 16.2. The zero-order valence-corrected chi connectivity index (χ0v) is 15.1. The van der Waals surface area contributed by atoms with Gasteiger partial charge in [0.1, 0.15) is 5.82 Å². The van der Waals surface area contributed by atoms with Crippen molar-refractivity contribution in [3.63, 3.8) is 0 Å². The van der Waals surface area contributed by atoms with E-state index in [2.05, 4.69) is 41.3 Å². The molecule has 2 aliphatic heterocycles. The average Bonchev–Trinajstić information content (AvgIpc) is 2.50. The van der Waals surface area contributed by atoms with E-state index in [0.29, 0.717) is 6.04 Å². The maximum Gasteiger partial charge on any atom is 0.227 e. The Morgan fingerprint density at radius 2 is 1.92 bits per heavy atom. The molecule has 0 aliphatic carbocycles. The Morgan fingerprint density at radius 3 is 2.42 bits per heavy atom. The monoisotopic (exact) mass is 332 g/mol. The summed E-state index contributed by atoms with van der Waals surface area (Å²) < 4.78 is 0. The third-order valence-electron chi connectivity index (χ3n) is 4.71. The number of rotatable bonds is 3. The molecule has 0 bridgehead atoms. The quantitative estimate of drug-likeness (QED) is 0.854. The molecule has 3 heterocycles. The summed E-state index contributed by atoms with van der Waals surface area (Å²) in [5, 5.41) is 6.83. The minimum atomic E-state index is -0.00857. The van der Waals surface area contributed by atoms with Gasteiger partial charge < -0.3 is 20.4 Å². The van der Waals surface area contributed by atoms with Crippen molar-refractivity contribution in [1.29, 1.82) is 0 Å². The van der Waals surface area contributed by atoms with Gasteiger partial charge in [0.05, 0.1) is 6.04 Å². The first kappa shape index (κ1) is 17.0. The van der Waals surface area contributed by atoms with Crippen molar-refractivity contribution in [1.82, 2.24) is 20.2 Å². The fourth-order valence-corrected chi connectivity index (χ4v) is 2.99. The molecule has 0 atom stereocenters. The summed E-state index contributed by atoms with van der Waals surface area (Å²) in [6, 6.07) is 0.434. The number of aromatic nitrogens is 2. The van der Waals surface area contributed by atoms with Crippen molar-refractivity contribution in [2.24, 2.45) is 0 Å². The predicted octanol–water partition coefficient (Wildman–Crippen LogP) is 0.826. The van der Waals surface area contributed by atoms with Gasteiger partial charge in [-0.25, -0.2) is 4.98 Å². The fourth-order valence-electron chi connectivity index (χ4n) is 2.99. The lowest BCUT2D eigenvalue weighted by Gasteiger charge is -2.35. The fraction of sp³-hybridized carbons (Fsp3) is 0.706. The number of nitrogens with zero attached hydrogens (tertiary/aromatic N) is 4. The van der Waals surface area contributed by atoms with Crippen LogP contribution in [0.4, 0.5) is 11.8 Å². The standard InChI is InChI=1S/C17H28N6O/c1-12(24)22-5-7-23(8-6-22)16-19-11-14(17(2,3)4)15(21-16)20-13-9-18-10-13/h11,13,18H,5-10H2,1-4H3,(H,19,20,21). The van der Waals surface area contributed by atoms with E-state index in [1.165, 1.54) is 0 Å². The molecule has 2 fully saturated rings. The van der Waals surface area contributed by atoms with Crippen LogP contribution in [0.5, 0.6) is 0 Å². The van der Waals surface area contributed by atoms with E-state index >= 15 is 0 Å². The SMILES string of the molecule is CC(=O)N1CCN(c2ncc(C(C)(C)C)c(NC3CNC3)n2)CC1. The van der Waals surface area contributed by atoms with E-state index < -0.39 is 0 Å². The summed E-state index contributed by atoms with van der Waals surface area (Å²) in [7, 11) is 0. The summed E-state index contributed by atoms with van der Waals surface area (Å²) in [6.45, 7) is 13.1. The molecule has 0 aromatic carbocycles. The summed E-state index contributed by atoms with van der Waals surface area (Å²) in [4.78, 5) is 24.9. The number of amides is 1. The third-order valence-corrected chi connectivity index (χ3v) is 4.71. The van der Waals surface area contributed by atoms with Crippen LogP contribution in [0, 0.1) is 0 Å². The second kappa shape index (κ2) is 6.55. The molecule has 0 saturated carbocycles. The number of carbonyl (C=O) groups is 1. The van der Waals surface area contributed by atoms with Crippen LogP contribution in [0.3, 0.4) is 0 Å². The minimum Gasteiger partial charge on any atom is -0.364 e. The highest BCUT2D eigenvalue weighted by Gasteiger charge is 2.26. The predicted molar refractivity (Wildman–Crippen MR) is 95.5 cm³/mol. The molecule has 2 N–H and O–H groups in total. The minimum absolute atomic E-state index is 0.00857. The van der Waals surface area contributed by atoms with Gasteiger partial charge in [-0.1, -0.05) is 20.8 Å². The highest BCUT2D eigenvalue weighted by Crippen LogP contribution is 2.29. The second-order valence-corrected chi connectivity index (χ2v) is 7.67. The van der Waals surface area contributed by atoms with E-state index in [1.54, 1.807) is 6.92 Å². The summed E-state index contributed by atoms with van der Waals surface area (Å²) in [6.07, 6.45) is 1.95. The molecular formula is C17H28N6O. The normalized spacial score (nSPS) is 19.2. The number of hydrogen-bond acceptors (Lipinski definition) is 6. The molecule has 1 aromatic rings. The molecule has 1 aromatic heterocycles. The first-order valence-electron chi connectivity index (χ1n) is 8.70. The van der Waals surface area contributed by atoms with Gasteiger partial charge >= 0.3 is 0 Å². The van der Waals surface area contributed by atoms with Crippen LogP contribution in [0.2, 0.25) is 0 Å². The van der Waals surface area contributed by atoms with Crippen LogP contribution in [0.25, 0.3) is 0 Å². The van der Waals surface area contributed by atoms with Crippen LogP contribution >= 0.6 is 0 Å². The molecule has 7 heteroatoms. The van der Waals surface area contributed by atoms with Gasteiger partial charge in [-0.05, 0) is 5.41 Å². The second-order valence-electron chi connectivity index (χ2n) is 7.67. The Bertz CT molecular complexity index is 600. The van der Waals surface area contributed by atoms with E-state index in [1.807, 2.05) is 11.1 Å². The molecule has 0 spiro atoms. The largest absolute Gasteiger partial charge is 0.364 e. The molecule has 1 amide bonds. The molecule has 0 unspecified atom stereocenters. The van der Waals surface area contributed by atoms with Crippen LogP contribution in [0.1, 0.15) is 33.3 Å². The summed E-state index contributed by atoms with van der Waals surface area (Å²) >= 11 is 0. The Kier molecular flexibility index (Phi) is 4.62. The Labute approximate surface area is 143 Å². The molecular weight excluding hydrogens is 304 g/mol. The van der Waals surface area contributed by atoms with Crippen LogP contribution < -0.4 is 15.5 Å². The van der Waals surface area contributed by atoms with E-state index in [4.69, 9.17) is 4.98 Å². The lowest BCUT2D eigenvalue weighted by molar-refractivity contribution is -0.129. The molecule has 24 heavy (non-hydrogen) atoms. The van der Waals surface area contributed by atoms with Crippen LogP contribution in [0.15, 0.2) is 6.20 Å². The van der Waals surface area contributed by atoms with Crippen LogP contribution in [-0.4, -0.2) is 66.1 Å². The number of nitrogens with one attached hydrogen (secondary N) is 2. The molecule has 3 rings (SSSR count). The number of carbonyl (C=O) groups excluding carboxylic acids is 1. The third kappa shape index (κ3) is 3.61. The molecule has 2 aliphatic rings. The van der Waals surface area contributed by atoms with Crippen molar-refractivity contribution in [2.45, 2.75) is 39.2 Å². The highest BCUT2D eigenvalue weighted by molar-refractivity contribution is 5.73. The van der Waals surface area contributed by atoms with Gasteiger partial charge in [-0.2, -0.15) is 4.98 Å². The van der Waals surface area contributed by atoms with E-state index in [9.17, 15) is 4.79 Å². The van der Waals surface area contributed by atoms with Gasteiger partial charge in [0.2, 0.25) is 11.9 Å². The van der Waals surface area contributed by atoms with Crippen molar-refractivity contribution >= 4 is 17.7 Å². The zero-order chi connectivity index (χ0) is 17.3. The summed E-state index contributed by atoms with van der Waals surface area (Å²) in [5.74, 6) is 1.83. The lowest BCUT2D eigenvalue weighted by atomic mass is 9.88. The maximum atomic E-state index is 11.5. The Balaban J connectivity index is 1.79. The maximum absolute atomic E-state index is 11.5. The van der Waals surface area contributed by atoms with Crippen molar-refractivity contribution in [2.75, 3.05) is 49.5 Å². The van der Waals surface area contributed by atoms with Crippen molar-refractivity contribution in [3.05, 3.63) is 11.8 Å². The molecule has 7 nitrogen and oxygen atoms in total. The van der Waals surface area contributed by atoms with Gasteiger partial charge in [-0.3, -0.25) is 4.79 Å². The first-order valence-corrected chi connectivity index (χ1v) is 8.70. The van der Waals surface area contributed by atoms with E-state index in [0.717, 1.165) is 56.6 Å². The van der Waals surface area contributed by atoms with Crippen molar-refractivity contribution < 1.29 is 4.79 Å². The topological polar surface area (TPSA) is 73.4 Å². The zero-order valence-electron chi connectivity index (χ0n) is 15.1. The number of piperazine rings is 1. The number of hydrogen-bond donors (Lipinski definition) is 2. The van der Waals surface area contributed by atoms with Gasteiger partial charge in [0, 0.05) is 58.0 Å². The van der Waals surface area contributed by atoms with Crippen LogP contribution in [-0.2, 0) is 10.2 Å². The smallest absolute Gasteiger partial charge is 0.227 e. The van der Waals surface area contributed by atoms with Gasteiger partial charge in [-0.15, -0.1) is 0 Å². The Hall–Kier alpha value is -1.89. The average molecular weight is 332 g/mol. The van der Waals surface area contributed by atoms with Crippen molar-refractivity contribution in [3.8, 4) is 0 Å². The molecule has 2 saturated heterocycles. The first-order chi connectivity index (χ1) is 11.3. The molecule has 0 radical (unpaired) electrons. The van der Waals surface area contributed by atoms with Gasteiger partial charge in [0.25, 0.3) is 0 Å². The molecule has 132 valence electrons.